The van der Waals surface area contributed by atoms with Crippen LogP contribution in [0, 0.1) is 5.92 Å². The fourth-order valence-electron chi connectivity index (χ4n) is 3.34. The van der Waals surface area contributed by atoms with Crippen LogP contribution in [-0.4, -0.2) is 36.2 Å². The maximum atomic E-state index is 12.2. The summed E-state index contributed by atoms with van der Waals surface area (Å²) in [5.41, 5.74) is 0.785. The summed E-state index contributed by atoms with van der Waals surface area (Å²) in [5, 5.41) is 12.8. The first-order chi connectivity index (χ1) is 8.79. The van der Waals surface area contributed by atoms with E-state index in [0.717, 1.165) is 31.6 Å². The molecule has 4 heteroatoms. The van der Waals surface area contributed by atoms with Crippen LogP contribution in [0.5, 0.6) is 0 Å². The number of carbonyl (C=O) groups excluding carboxylic acids is 1. The lowest BCUT2D eigenvalue weighted by atomic mass is 9.67. The van der Waals surface area contributed by atoms with E-state index in [4.69, 9.17) is 0 Å². The van der Waals surface area contributed by atoms with Crippen LogP contribution in [0.4, 0.5) is 5.69 Å². The Morgan fingerprint density at radius 1 is 1.28 bits per heavy atom. The maximum Gasteiger partial charge on any atom is 0.235 e. The summed E-state index contributed by atoms with van der Waals surface area (Å²) >= 11 is 0. The Morgan fingerprint density at radius 2 is 1.94 bits per heavy atom. The third-order valence-electron chi connectivity index (χ3n) is 4.28. The molecule has 2 aliphatic rings. The van der Waals surface area contributed by atoms with Crippen molar-refractivity contribution in [2.24, 2.45) is 5.92 Å². The molecule has 2 saturated heterocycles. The standard InChI is InChI=1S/C14H18N2O2/c17-10-12-13(18)16(11-4-2-1-3-5-11)14(12)6-8-15-9-7-14/h1-5,12,15,17H,6-10H2/t12-/m0/s1. The number of benzene rings is 1. The first kappa shape index (κ1) is 11.7. The molecule has 2 N–H and O–H groups in total. The van der Waals surface area contributed by atoms with Gasteiger partial charge in [-0.25, -0.2) is 0 Å². The van der Waals surface area contributed by atoms with Crippen molar-refractivity contribution in [3.8, 4) is 0 Å². The molecule has 2 fully saturated rings. The smallest absolute Gasteiger partial charge is 0.235 e. The lowest BCUT2D eigenvalue weighted by Crippen LogP contribution is -2.74. The van der Waals surface area contributed by atoms with E-state index in [1.165, 1.54) is 0 Å². The molecule has 2 heterocycles. The number of piperidine rings is 1. The van der Waals surface area contributed by atoms with Crippen molar-refractivity contribution in [1.82, 2.24) is 5.32 Å². The van der Waals surface area contributed by atoms with E-state index in [0.29, 0.717) is 0 Å². The van der Waals surface area contributed by atoms with Crippen LogP contribution in [0.1, 0.15) is 12.8 Å². The zero-order valence-corrected chi connectivity index (χ0v) is 10.3. The number of rotatable bonds is 2. The molecule has 1 amide bonds. The minimum absolute atomic E-state index is 0.0395. The van der Waals surface area contributed by atoms with Gasteiger partial charge in [-0.2, -0.15) is 0 Å². The van der Waals surface area contributed by atoms with Crippen LogP contribution in [0.25, 0.3) is 0 Å². The molecule has 1 atom stereocenters. The number of aliphatic hydroxyl groups is 1. The Hall–Kier alpha value is -1.39. The summed E-state index contributed by atoms with van der Waals surface area (Å²) in [5.74, 6) is -0.162. The van der Waals surface area contributed by atoms with E-state index in [1.807, 2.05) is 35.2 Å². The molecule has 18 heavy (non-hydrogen) atoms. The Kier molecular flexibility index (Phi) is 2.84. The zero-order chi connectivity index (χ0) is 12.6. The third-order valence-corrected chi connectivity index (χ3v) is 4.28. The number of nitrogens with zero attached hydrogens (tertiary/aromatic N) is 1. The molecule has 0 aromatic heterocycles. The summed E-state index contributed by atoms with van der Waals surface area (Å²) in [4.78, 5) is 14.1. The quantitative estimate of drug-likeness (QED) is 0.758. The summed E-state index contributed by atoms with van der Waals surface area (Å²) < 4.78 is 0. The van der Waals surface area contributed by atoms with Gasteiger partial charge in [0, 0.05) is 5.69 Å². The molecule has 0 radical (unpaired) electrons. The van der Waals surface area contributed by atoms with E-state index >= 15 is 0 Å². The number of anilines is 1. The fourth-order valence-corrected chi connectivity index (χ4v) is 3.34. The van der Waals surface area contributed by atoms with Crippen LogP contribution >= 0.6 is 0 Å². The average Bonchev–Trinajstić information content (AvgIpc) is 2.41. The molecule has 0 saturated carbocycles. The largest absolute Gasteiger partial charge is 0.395 e. The summed E-state index contributed by atoms with van der Waals surface area (Å²) in [6.45, 7) is 1.78. The van der Waals surface area contributed by atoms with Crippen LogP contribution in [-0.2, 0) is 4.79 Å². The minimum atomic E-state index is -0.222. The number of amides is 1. The van der Waals surface area contributed by atoms with Gasteiger partial charge in [-0.3, -0.25) is 4.79 Å². The van der Waals surface area contributed by atoms with Crippen LogP contribution in [0.15, 0.2) is 30.3 Å². The highest BCUT2D eigenvalue weighted by molar-refractivity contribution is 6.05. The molecule has 1 spiro atoms. The highest BCUT2D eigenvalue weighted by atomic mass is 16.3. The summed E-state index contributed by atoms with van der Waals surface area (Å²) in [6, 6.07) is 9.78. The molecule has 0 bridgehead atoms. The highest BCUT2D eigenvalue weighted by Gasteiger charge is 2.59. The molecule has 2 aliphatic heterocycles. The fraction of sp³-hybridized carbons (Fsp3) is 0.500. The molecular weight excluding hydrogens is 228 g/mol. The Bertz CT molecular complexity index is 440. The second-order valence-corrected chi connectivity index (χ2v) is 5.10. The number of nitrogens with one attached hydrogen (secondary N) is 1. The third kappa shape index (κ3) is 1.49. The molecule has 4 nitrogen and oxygen atoms in total. The Labute approximate surface area is 107 Å². The van der Waals surface area contributed by atoms with Crippen molar-refractivity contribution in [2.75, 3.05) is 24.6 Å². The van der Waals surface area contributed by atoms with Crippen molar-refractivity contribution in [3.63, 3.8) is 0 Å². The zero-order valence-electron chi connectivity index (χ0n) is 10.3. The Balaban J connectivity index is 1.95. The van der Waals surface area contributed by atoms with Crippen LogP contribution < -0.4 is 10.2 Å². The van der Waals surface area contributed by atoms with E-state index in [9.17, 15) is 9.90 Å². The summed E-state index contributed by atoms with van der Waals surface area (Å²) in [6.07, 6.45) is 1.83. The first-order valence-corrected chi connectivity index (χ1v) is 6.50. The van der Waals surface area contributed by atoms with Gasteiger partial charge in [-0.1, -0.05) is 18.2 Å². The van der Waals surface area contributed by atoms with Crippen molar-refractivity contribution in [3.05, 3.63) is 30.3 Å². The van der Waals surface area contributed by atoms with E-state index in [-0.39, 0.29) is 24.0 Å². The first-order valence-electron chi connectivity index (χ1n) is 6.50. The Morgan fingerprint density at radius 3 is 2.56 bits per heavy atom. The van der Waals surface area contributed by atoms with Gasteiger partial charge in [-0.05, 0) is 38.1 Å². The van der Waals surface area contributed by atoms with Crippen molar-refractivity contribution >= 4 is 11.6 Å². The molecule has 0 unspecified atom stereocenters. The van der Waals surface area contributed by atoms with Crippen LogP contribution in [0.3, 0.4) is 0 Å². The second-order valence-electron chi connectivity index (χ2n) is 5.10. The van der Waals surface area contributed by atoms with E-state index in [1.54, 1.807) is 0 Å². The van der Waals surface area contributed by atoms with Gasteiger partial charge in [-0.15, -0.1) is 0 Å². The van der Waals surface area contributed by atoms with Crippen molar-refractivity contribution in [2.45, 2.75) is 18.4 Å². The lowest BCUT2D eigenvalue weighted by molar-refractivity contribution is -0.139. The SMILES string of the molecule is O=C1[C@H](CO)C2(CCNCC2)N1c1ccccc1. The number of para-hydroxylation sites is 1. The van der Waals surface area contributed by atoms with Crippen LogP contribution in [0.2, 0.25) is 0 Å². The topological polar surface area (TPSA) is 52.6 Å². The number of carbonyl (C=O) groups is 1. The van der Waals surface area contributed by atoms with Gasteiger partial charge >= 0.3 is 0 Å². The van der Waals surface area contributed by atoms with Gasteiger partial charge < -0.3 is 15.3 Å². The van der Waals surface area contributed by atoms with Crippen molar-refractivity contribution in [1.29, 1.82) is 0 Å². The van der Waals surface area contributed by atoms with E-state index in [2.05, 4.69) is 5.32 Å². The maximum absolute atomic E-state index is 12.2. The van der Waals surface area contributed by atoms with Crippen molar-refractivity contribution < 1.29 is 9.90 Å². The number of hydrogen-bond donors (Lipinski definition) is 2. The molecule has 1 aromatic rings. The molecular formula is C14H18N2O2. The average molecular weight is 246 g/mol. The predicted octanol–water partition coefficient (Wildman–Crippen LogP) is 0.764. The molecule has 3 rings (SSSR count). The number of β-lactam (4-membered cyclic amide) rings is 1. The van der Waals surface area contributed by atoms with Gasteiger partial charge in [0.1, 0.15) is 0 Å². The van der Waals surface area contributed by atoms with Gasteiger partial charge in [0.25, 0.3) is 0 Å². The predicted molar refractivity (Wildman–Crippen MR) is 69.3 cm³/mol. The molecule has 96 valence electrons. The number of hydrogen-bond acceptors (Lipinski definition) is 3. The van der Waals surface area contributed by atoms with E-state index < -0.39 is 0 Å². The molecule has 1 aromatic carbocycles. The second kappa shape index (κ2) is 4.37. The molecule has 0 aliphatic carbocycles. The van der Waals surface area contributed by atoms with Gasteiger partial charge in [0.2, 0.25) is 5.91 Å². The van der Waals surface area contributed by atoms with Gasteiger partial charge in [0.05, 0.1) is 18.1 Å². The normalized spacial score (nSPS) is 26.2. The minimum Gasteiger partial charge on any atom is -0.395 e. The highest BCUT2D eigenvalue weighted by Crippen LogP contribution is 2.46. The summed E-state index contributed by atoms with van der Waals surface area (Å²) in [7, 11) is 0. The monoisotopic (exact) mass is 246 g/mol. The van der Waals surface area contributed by atoms with Gasteiger partial charge in [0.15, 0.2) is 0 Å². The lowest BCUT2D eigenvalue weighted by Gasteiger charge is -2.59. The number of aliphatic hydroxyl groups excluding tert-OH is 1.